The second-order valence-electron chi connectivity index (χ2n) is 5.81. The zero-order chi connectivity index (χ0) is 18.2. The average Bonchev–Trinajstić information content (AvgIpc) is 3.14. The van der Waals surface area contributed by atoms with Gasteiger partial charge in [0.05, 0.1) is 18.4 Å². The lowest BCUT2D eigenvalue weighted by Crippen LogP contribution is -2.36. The van der Waals surface area contributed by atoms with E-state index >= 15 is 0 Å². The third-order valence-electron chi connectivity index (χ3n) is 3.77. The average molecular weight is 479 g/mol. The molecule has 0 atom stereocenters. The fourth-order valence-electron chi connectivity index (χ4n) is 2.51. The summed E-state index contributed by atoms with van der Waals surface area (Å²) in [4.78, 5) is 4.58. The molecule has 1 heterocycles. The van der Waals surface area contributed by atoms with E-state index in [1.807, 2.05) is 60.4 Å². The van der Waals surface area contributed by atoms with Gasteiger partial charge in [-0.2, -0.15) is 5.10 Å². The number of hydrogen-bond donors (Lipinski definition) is 2. The summed E-state index contributed by atoms with van der Waals surface area (Å²) < 4.78 is 15.1. The number of aliphatic imine (C=N–C) groups is 1. The van der Waals surface area contributed by atoms with Crippen LogP contribution in [0.25, 0.3) is 5.69 Å². The highest BCUT2D eigenvalue weighted by Gasteiger charge is 2.02. The minimum absolute atomic E-state index is 0. The Morgan fingerprint density at radius 2 is 1.89 bits per heavy atom. The number of para-hydroxylation sites is 1. The number of hydrogen-bond acceptors (Lipinski definition) is 2. The van der Waals surface area contributed by atoms with Crippen LogP contribution < -0.4 is 10.6 Å². The summed E-state index contributed by atoms with van der Waals surface area (Å²) in [6, 6.07) is 16.5. The first-order valence-corrected chi connectivity index (χ1v) is 8.60. The Labute approximate surface area is 175 Å². The van der Waals surface area contributed by atoms with E-state index in [4.69, 9.17) is 0 Å². The van der Waals surface area contributed by atoms with Crippen molar-refractivity contribution in [3.05, 3.63) is 83.9 Å². The lowest BCUT2D eigenvalue weighted by molar-refractivity contribution is 0.624. The number of rotatable bonds is 6. The van der Waals surface area contributed by atoms with Crippen molar-refractivity contribution in [2.45, 2.75) is 20.0 Å². The maximum absolute atomic E-state index is 13.3. The van der Waals surface area contributed by atoms with Gasteiger partial charge in [0.15, 0.2) is 5.96 Å². The van der Waals surface area contributed by atoms with Gasteiger partial charge in [-0.1, -0.05) is 30.3 Å². The predicted molar refractivity (Wildman–Crippen MR) is 117 cm³/mol. The Morgan fingerprint density at radius 1 is 1.07 bits per heavy atom. The number of nitrogens with one attached hydrogen (secondary N) is 2. The lowest BCUT2D eigenvalue weighted by atomic mass is 10.2. The van der Waals surface area contributed by atoms with Crippen molar-refractivity contribution in [2.75, 3.05) is 6.54 Å². The van der Waals surface area contributed by atoms with Crippen molar-refractivity contribution in [1.82, 2.24) is 20.4 Å². The second-order valence-corrected chi connectivity index (χ2v) is 5.81. The Kier molecular flexibility index (Phi) is 8.25. The highest BCUT2D eigenvalue weighted by Crippen LogP contribution is 2.08. The standard InChI is InChI=1S/C20H22FN5.HI/c1-2-22-20(23-12-16-7-6-8-18(21)11-16)24-13-17-14-25-26(15-17)19-9-4-3-5-10-19;/h3-11,14-15H,2,12-13H2,1H3,(H2,22,23,24);1H. The number of benzene rings is 2. The first-order chi connectivity index (χ1) is 12.7. The van der Waals surface area contributed by atoms with E-state index < -0.39 is 0 Å². The fraction of sp³-hybridized carbons (Fsp3) is 0.200. The normalized spacial score (nSPS) is 11.0. The predicted octanol–water partition coefficient (Wildman–Crippen LogP) is 3.88. The van der Waals surface area contributed by atoms with Crippen LogP contribution in [-0.4, -0.2) is 22.3 Å². The number of aromatic nitrogens is 2. The zero-order valence-corrected chi connectivity index (χ0v) is 17.4. The van der Waals surface area contributed by atoms with E-state index in [1.54, 1.807) is 6.07 Å². The highest BCUT2D eigenvalue weighted by atomic mass is 127. The quantitative estimate of drug-likeness (QED) is 0.321. The minimum Gasteiger partial charge on any atom is -0.357 e. The molecule has 0 aliphatic carbocycles. The van der Waals surface area contributed by atoms with Crippen molar-refractivity contribution in [1.29, 1.82) is 0 Å². The van der Waals surface area contributed by atoms with Crippen molar-refractivity contribution >= 4 is 29.9 Å². The molecule has 0 spiro atoms. The van der Waals surface area contributed by atoms with Crippen LogP contribution in [0.5, 0.6) is 0 Å². The molecule has 5 nitrogen and oxygen atoms in total. The summed E-state index contributed by atoms with van der Waals surface area (Å²) in [5.41, 5.74) is 2.89. The second kappa shape index (κ2) is 10.7. The smallest absolute Gasteiger partial charge is 0.191 e. The van der Waals surface area contributed by atoms with Gasteiger partial charge in [-0.15, -0.1) is 24.0 Å². The molecule has 0 saturated heterocycles. The molecule has 2 aromatic carbocycles. The topological polar surface area (TPSA) is 54.2 Å². The Bertz CT molecular complexity index is 864. The summed E-state index contributed by atoms with van der Waals surface area (Å²) in [7, 11) is 0. The maximum Gasteiger partial charge on any atom is 0.191 e. The van der Waals surface area contributed by atoms with Crippen LogP contribution >= 0.6 is 24.0 Å². The summed E-state index contributed by atoms with van der Waals surface area (Å²) in [5, 5.41) is 10.8. The molecule has 0 unspecified atom stereocenters. The maximum atomic E-state index is 13.3. The molecule has 3 rings (SSSR count). The van der Waals surface area contributed by atoms with Gasteiger partial charge < -0.3 is 10.6 Å². The molecule has 0 aliphatic rings. The molecule has 0 amide bonds. The third kappa shape index (κ3) is 6.35. The molecule has 0 fully saturated rings. The van der Waals surface area contributed by atoms with E-state index in [1.165, 1.54) is 12.1 Å². The van der Waals surface area contributed by atoms with E-state index in [0.29, 0.717) is 19.0 Å². The van der Waals surface area contributed by atoms with E-state index in [-0.39, 0.29) is 29.8 Å². The van der Waals surface area contributed by atoms with Crippen molar-refractivity contribution in [3.63, 3.8) is 0 Å². The van der Waals surface area contributed by atoms with Crippen LogP contribution in [-0.2, 0) is 13.1 Å². The number of halogens is 2. The van der Waals surface area contributed by atoms with Crippen LogP contribution in [0.15, 0.2) is 72.0 Å². The van der Waals surface area contributed by atoms with Gasteiger partial charge in [0, 0.05) is 24.8 Å². The molecule has 0 radical (unpaired) electrons. The molecule has 0 aliphatic heterocycles. The molecule has 27 heavy (non-hydrogen) atoms. The molecule has 7 heteroatoms. The van der Waals surface area contributed by atoms with Gasteiger partial charge in [-0.05, 0) is 36.8 Å². The molecule has 142 valence electrons. The third-order valence-corrected chi connectivity index (χ3v) is 3.77. The largest absolute Gasteiger partial charge is 0.357 e. The van der Waals surface area contributed by atoms with E-state index in [2.05, 4.69) is 20.7 Å². The Balaban J connectivity index is 0.00000261. The van der Waals surface area contributed by atoms with Gasteiger partial charge in [0.25, 0.3) is 0 Å². The van der Waals surface area contributed by atoms with Crippen molar-refractivity contribution in [3.8, 4) is 5.69 Å². The minimum atomic E-state index is -0.237. The fourth-order valence-corrected chi connectivity index (χ4v) is 2.51. The molecular formula is C20H23FIN5. The molecule has 2 N–H and O–H groups in total. The van der Waals surface area contributed by atoms with Crippen LogP contribution in [0.4, 0.5) is 4.39 Å². The summed E-state index contributed by atoms with van der Waals surface area (Å²) in [5.74, 6) is 0.448. The molecule has 0 saturated carbocycles. The van der Waals surface area contributed by atoms with Crippen LogP contribution in [0.2, 0.25) is 0 Å². The molecule has 1 aromatic heterocycles. The number of guanidine groups is 1. The van der Waals surface area contributed by atoms with Gasteiger partial charge in [0.1, 0.15) is 5.82 Å². The van der Waals surface area contributed by atoms with Crippen LogP contribution in [0.3, 0.4) is 0 Å². The summed E-state index contributed by atoms with van der Waals surface area (Å²) >= 11 is 0. The van der Waals surface area contributed by atoms with E-state index in [9.17, 15) is 4.39 Å². The van der Waals surface area contributed by atoms with Crippen LogP contribution in [0, 0.1) is 5.82 Å². The van der Waals surface area contributed by atoms with Crippen molar-refractivity contribution in [2.24, 2.45) is 4.99 Å². The molecule has 0 bridgehead atoms. The van der Waals surface area contributed by atoms with Gasteiger partial charge >= 0.3 is 0 Å². The zero-order valence-electron chi connectivity index (χ0n) is 15.1. The Morgan fingerprint density at radius 3 is 2.63 bits per heavy atom. The Hall–Kier alpha value is -2.42. The SMILES string of the molecule is CCNC(=NCc1cnn(-c2ccccc2)c1)NCc1cccc(F)c1.I. The van der Waals surface area contributed by atoms with Crippen molar-refractivity contribution < 1.29 is 4.39 Å². The molecule has 3 aromatic rings. The van der Waals surface area contributed by atoms with Gasteiger partial charge in [-0.25, -0.2) is 14.1 Å². The monoisotopic (exact) mass is 479 g/mol. The molecular weight excluding hydrogens is 456 g/mol. The first kappa shape index (κ1) is 20.9. The van der Waals surface area contributed by atoms with Gasteiger partial charge in [0.2, 0.25) is 0 Å². The summed E-state index contributed by atoms with van der Waals surface area (Å²) in [6.07, 6.45) is 3.78. The number of nitrogens with zero attached hydrogens (tertiary/aromatic N) is 3. The van der Waals surface area contributed by atoms with E-state index in [0.717, 1.165) is 23.4 Å². The van der Waals surface area contributed by atoms with Gasteiger partial charge in [-0.3, -0.25) is 0 Å². The highest BCUT2D eigenvalue weighted by molar-refractivity contribution is 14.0. The summed E-state index contributed by atoms with van der Waals surface area (Å²) in [6.45, 7) is 3.77. The lowest BCUT2D eigenvalue weighted by Gasteiger charge is -2.11. The first-order valence-electron chi connectivity index (χ1n) is 8.60. The van der Waals surface area contributed by atoms with Crippen LogP contribution in [0.1, 0.15) is 18.1 Å².